The van der Waals surface area contributed by atoms with E-state index >= 15 is 0 Å². The summed E-state index contributed by atoms with van der Waals surface area (Å²) in [6.07, 6.45) is -5.01. The Morgan fingerprint density at radius 3 is 2.81 bits per heavy atom. The van der Waals surface area contributed by atoms with E-state index in [4.69, 9.17) is 0 Å². The molecule has 7 heteroatoms. The molecule has 16 heavy (non-hydrogen) atoms. The van der Waals surface area contributed by atoms with Crippen LogP contribution in [-0.2, 0) is 4.79 Å². The van der Waals surface area contributed by atoms with E-state index in [1.165, 1.54) is 11.3 Å². The fraction of sp³-hybridized carbons (Fsp3) is 0.333. The molecule has 0 spiro atoms. The molecule has 1 N–H and O–H groups in total. The number of nitrogens with one attached hydrogen (secondary N) is 1. The van der Waals surface area contributed by atoms with Gasteiger partial charge in [-0.15, -0.1) is 11.3 Å². The first kappa shape index (κ1) is 11.1. The fourth-order valence-corrected chi connectivity index (χ4v) is 2.53. The predicted molar refractivity (Wildman–Crippen MR) is 50.2 cm³/mol. The largest absolute Gasteiger partial charge is 0.471 e. The zero-order valence-electron chi connectivity index (χ0n) is 7.80. The molecule has 1 aromatic rings. The fourth-order valence-electron chi connectivity index (χ4n) is 1.57. The number of carbonyl (C=O) groups excluding carboxylic acids is 2. The van der Waals surface area contributed by atoms with Gasteiger partial charge in [-0.3, -0.25) is 9.59 Å². The molecule has 2 rings (SSSR count). The summed E-state index contributed by atoms with van der Waals surface area (Å²) in [5.41, 5.74) is 0.414. The molecule has 1 heterocycles. The van der Waals surface area contributed by atoms with Gasteiger partial charge in [0.25, 0.3) is 0 Å². The quantitative estimate of drug-likeness (QED) is 0.828. The van der Waals surface area contributed by atoms with Crippen molar-refractivity contribution in [3.05, 3.63) is 21.9 Å². The highest BCUT2D eigenvalue weighted by molar-refractivity contribution is 7.10. The third kappa shape index (κ3) is 1.82. The van der Waals surface area contributed by atoms with Crippen LogP contribution < -0.4 is 5.32 Å². The van der Waals surface area contributed by atoms with Crippen molar-refractivity contribution in [2.45, 2.75) is 18.6 Å². The summed E-state index contributed by atoms with van der Waals surface area (Å²) in [7, 11) is 0. The number of carbonyl (C=O) groups is 2. The topological polar surface area (TPSA) is 46.2 Å². The lowest BCUT2D eigenvalue weighted by atomic mass is 10.2. The second-order valence-corrected chi connectivity index (χ2v) is 4.30. The van der Waals surface area contributed by atoms with Gasteiger partial charge in [-0.05, 0) is 11.4 Å². The molecule has 0 saturated heterocycles. The van der Waals surface area contributed by atoms with Crippen LogP contribution in [0.15, 0.2) is 11.4 Å². The van der Waals surface area contributed by atoms with E-state index in [1.54, 1.807) is 11.4 Å². The van der Waals surface area contributed by atoms with Crippen LogP contribution in [0.2, 0.25) is 0 Å². The van der Waals surface area contributed by atoms with E-state index in [2.05, 4.69) is 0 Å². The zero-order chi connectivity index (χ0) is 11.9. The molecule has 0 bridgehead atoms. The molecule has 0 aromatic carbocycles. The van der Waals surface area contributed by atoms with Gasteiger partial charge in [-0.2, -0.15) is 13.2 Å². The van der Waals surface area contributed by atoms with E-state index in [9.17, 15) is 22.8 Å². The molecular formula is C9H6F3NO2S. The Balaban J connectivity index is 2.16. The van der Waals surface area contributed by atoms with Crippen LogP contribution in [0.25, 0.3) is 0 Å². The molecule has 3 nitrogen and oxygen atoms in total. The number of hydrogen-bond donors (Lipinski definition) is 1. The molecule has 1 aliphatic carbocycles. The van der Waals surface area contributed by atoms with Crippen molar-refractivity contribution in [1.29, 1.82) is 0 Å². The van der Waals surface area contributed by atoms with Crippen LogP contribution in [0, 0.1) is 0 Å². The summed E-state index contributed by atoms with van der Waals surface area (Å²) in [5.74, 6) is -2.24. The van der Waals surface area contributed by atoms with Crippen molar-refractivity contribution in [3.63, 3.8) is 0 Å². The van der Waals surface area contributed by atoms with Gasteiger partial charge in [0.05, 0.1) is 6.04 Å². The van der Waals surface area contributed by atoms with Gasteiger partial charge in [-0.1, -0.05) is 0 Å². The summed E-state index contributed by atoms with van der Waals surface area (Å²) in [4.78, 5) is 22.6. The maximum absolute atomic E-state index is 12.0. The molecule has 1 aliphatic rings. The summed E-state index contributed by atoms with van der Waals surface area (Å²) in [6, 6.07) is 0.721. The second-order valence-electron chi connectivity index (χ2n) is 3.35. The Labute approximate surface area is 92.3 Å². The minimum Gasteiger partial charge on any atom is -0.340 e. The van der Waals surface area contributed by atoms with Crippen molar-refractivity contribution in [1.82, 2.24) is 5.32 Å². The Hall–Kier alpha value is -1.37. The molecule has 0 saturated carbocycles. The van der Waals surface area contributed by atoms with Crippen molar-refractivity contribution < 1.29 is 22.8 Å². The summed E-state index contributed by atoms with van der Waals surface area (Å²) in [5, 5.41) is 3.44. The highest BCUT2D eigenvalue weighted by atomic mass is 32.1. The lowest BCUT2D eigenvalue weighted by Gasteiger charge is -2.13. The molecule has 0 aliphatic heterocycles. The number of amides is 1. The second kappa shape index (κ2) is 3.58. The SMILES string of the molecule is O=C1C[C@@H](NC(=O)C(F)(F)F)c2sccc21. The molecule has 0 radical (unpaired) electrons. The molecule has 0 unspecified atom stereocenters. The third-order valence-corrected chi connectivity index (χ3v) is 3.29. The van der Waals surface area contributed by atoms with E-state index in [1.807, 2.05) is 5.32 Å². The van der Waals surface area contributed by atoms with Gasteiger partial charge in [0.1, 0.15) is 0 Å². The van der Waals surface area contributed by atoms with Crippen molar-refractivity contribution >= 4 is 23.0 Å². The smallest absolute Gasteiger partial charge is 0.340 e. The van der Waals surface area contributed by atoms with Crippen LogP contribution in [0.5, 0.6) is 0 Å². The zero-order valence-corrected chi connectivity index (χ0v) is 8.61. The highest BCUT2D eigenvalue weighted by Gasteiger charge is 2.42. The van der Waals surface area contributed by atoms with E-state index < -0.39 is 18.1 Å². The number of hydrogen-bond acceptors (Lipinski definition) is 3. The molecule has 0 fully saturated rings. The maximum atomic E-state index is 12.0. The van der Waals surface area contributed by atoms with Crippen molar-refractivity contribution in [3.8, 4) is 0 Å². The number of alkyl halides is 3. The van der Waals surface area contributed by atoms with E-state index in [0.717, 1.165) is 0 Å². The molecule has 1 amide bonds. The summed E-state index contributed by atoms with van der Waals surface area (Å²) < 4.78 is 36.0. The van der Waals surface area contributed by atoms with Crippen LogP contribution in [0.1, 0.15) is 27.7 Å². The maximum Gasteiger partial charge on any atom is 0.471 e. The number of ketones is 1. The molecule has 1 atom stereocenters. The van der Waals surface area contributed by atoms with Gasteiger partial charge in [0.15, 0.2) is 5.78 Å². The average molecular weight is 249 g/mol. The van der Waals surface area contributed by atoms with E-state index in [0.29, 0.717) is 10.4 Å². The van der Waals surface area contributed by atoms with Gasteiger partial charge in [0.2, 0.25) is 0 Å². The van der Waals surface area contributed by atoms with Crippen LogP contribution in [-0.4, -0.2) is 17.9 Å². The van der Waals surface area contributed by atoms with Crippen molar-refractivity contribution in [2.24, 2.45) is 0 Å². The summed E-state index contributed by atoms with van der Waals surface area (Å²) >= 11 is 1.17. The van der Waals surface area contributed by atoms with E-state index in [-0.39, 0.29) is 12.2 Å². The first-order valence-corrected chi connectivity index (χ1v) is 5.26. The van der Waals surface area contributed by atoms with Gasteiger partial charge >= 0.3 is 12.1 Å². The number of rotatable bonds is 1. The van der Waals surface area contributed by atoms with Gasteiger partial charge in [-0.25, -0.2) is 0 Å². The standard InChI is InChI=1S/C9H6F3NO2S/c10-9(11,12)8(15)13-5-3-6(14)4-1-2-16-7(4)5/h1-2,5H,3H2,(H,13,15)/t5-/m1/s1. The Morgan fingerprint density at radius 2 is 2.19 bits per heavy atom. The van der Waals surface area contributed by atoms with Crippen LogP contribution in [0.3, 0.4) is 0 Å². The molecule has 1 aromatic heterocycles. The minimum absolute atomic E-state index is 0.0934. The number of thiophene rings is 1. The molecular weight excluding hydrogens is 243 g/mol. The Morgan fingerprint density at radius 1 is 1.50 bits per heavy atom. The first-order valence-electron chi connectivity index (χ1n) is 4.38. The number of Topliss-reactive ketones (excluding diaryl/α,β-unsaturated/α-hetero) is 1. The monoisotopic (exact) mass is 249 g/mol. The van der Waals surface area contributed by atoms with Crippen LogP contribution >= 0.6 is 11.3 Å². The highest BCUT2D eigenvalue weighted by Crippen LogP contribution is 2.35. The average Bonchev–Trinajstić information content (AvgIpc) is 2.70. The Kier molecular flexibility index (Phi) is 2.49. The number of fused-ring (bicyclic) bond motifs is 1. The Bertz CT molecular complexity index is 452. The summed E-state index contributed by atoms with van der Waals surface area (Å²) in [6.45, 7) is 0. The van der Waals surface area contributed by atoms with Crippen LogP contribution in [0.4, 0.5) is 13.2 Å². The predicted octanol–water partition coefficient (Wildman–Crippen LogP) is 2.05. The van der Waals surface area contributed by atoms with Gasteiger partial charge < -0.3 is 5.32 Å². The normalized spacial score (nSPS) is 19.7. The minimum atomic E-state index is -4.91. The first-order chi connectivity index (χ1) is 7.39. The molecule has 86 valence electrons. The number of halogens is 3. The third-order valence-electron chi connectivity index (χ3n) is 2.26. The van der Waals surface area contributed by atoms with Crippen molar-refractivity contribution in [2.75, 3.05) is 0 Å². The lowest BCUT2D eigenvalue weighted by molar-refractivity contribution is -0.174. The van der Waals surface area contributed by atoms with Gasteiger partial charge in [0, 0.05) is 16.9 Å². The lowest BCUT2D eigenvalue weighted by Crippen LogP contribution is -2.38.